The van der Waals surface area contributed by atoms with E-state index in [-0.39, 0.29) is 16.3 Å². The van der Waals surface area contributed by atoms with Crippen LogP contribution in [0, 0.1) is 12.3 Å². The standard InChI is InChI=1S/C12H14ClNO4S2/c1-2-3-4-5-10-14-20(17,18)12-8-6-11(7-9-12)19(13,15)16/h1,6-9,14H,3-5,10H2. The van der Waals surface area contributed by atoms with E-state index in [1.54, 1.807) is 0 Å². The van der Waals surface area contributed by atoms with Gasteiger partial charge in [-0.15, -0.1) is 12.3 Å². The molecule has 0 aliphatic carbocycles. The number of benzene rings is 1. The Kier molecular flexibility index (Phi) is 6.02. The summed E-state index contributed by atoms with van der Waals surface area (Å²) in [5.41, 5.74) is 0. The average molecular weight is 336 g/mol. The first kappa shape index (κ1) is 17.0. The van der Waals surface area contributed by atoms with Gasteiger partial charge in [-0.2, -0.15) is 0 Å². The third-order valence-corrected chi connectivity index (χ3v) is 5.30. The van der Waals surface area contributed by atoms with Crippen molar-refractivity contribution in [2.24, 2.45) is 0 Å². The summed E-state index contributed by atoms with van der Waals surface area (Å²) in [4.78, 5) is -0.161. The molecule has 0 bridgehead atoms. The van der Waals surface area contributed by atoms with Crippen LogP contribution in [0.25, 0.3) is 0 Å². The number of rotatable bonds is 7. The van der Waals surface area contributed by atoms with Crippen LogP contribution < -0.4 is 4.72 Å². The molecule has 0 saturated carbocycles. The molecule has 1 aromatic rings. The molecule has 8 heteroatoms. The summed E-state index contributed by atoms with van der Waals surface area (Å²) in [6, 6.07) is 4.68. The van der Waals surface area contributed by atoms with E-state index in [1.807, 2.05) is 0 Å². The van der Waals surface area contributed by atoms with Crippen LogP contribution in [0.2, 0.25) is 0 Å². The van der Waals surface area contributed by atoms with Gasteiger partial charge in [0.15, 0.2) is 0 Å². The predicted octanol–water partition coefficient (Wildman–Crippen LogP) is 1.70. The molecule has 110 valence electrons. The lowest BCUT2D eigenvalue weighted by Gasteiger charge is -2.06. The quantitative estimate of drug-likeness (QED) is 0.467. The molecule has 0 aromatic heterocycles. The normalized spacial score (nSPS) is 12.0. The minimum atomic E-state index is -3.85. The lowest BCUT2D eigenvalue weighted by Crippen LogP contribution is -2.24. The van der Waals surface area contributed by atoms with E-state index in [0.717, 1.165) is 18.6 Å². The molecule has 0 aliphatic heterocycles. The highest BCUT2D eigenvalue weighted by Gasteiger charge is 2.15. The van der Waals surface area contributed by atoms with Crippen LogP contribution in [0.15, 0.2) is 34.1 Å². The third kappa shape index (κ3) is 5.13. The summed E-state index contributed by atoms with van der Waals surface area (Å²) < 4.78 is 48.3. The molecule has 0 unspecified atom stereocenters. The van der Waals surface area contributed by atoms with Crippen molar-refractivity contribution >= 4 is 29.8 Å². The fraction of sp³-hybridized carbons (Fsp3) is 0.333. The van der Waals surface area contributed by atoms with Gasteiger partial charge in [0.2, 0.25) is 10.0 Å². The number of nitrogens with one attached hydrogen (secondary N) is 1. The van der Waals surface area contributed by atoms with Crippen molar-refractivity contribution in [3.8, 4) is 12.3 Å². The van der Waals surface area contributed by atoms with Gasteiger partial charge < -0.3 is 0 Å². The summed E-state index contributed by atoms with van der Waals surface area (Å²) in [7, 11) is -2.36. The second kappa shape index (κ2) is 7.09. The van der Waals surface area contributed by atoms with Gasteiger partial charge in [0.25, 0.3) is 9.05 Å². The molecule has 0 fully saturated rings. The first-order valence-electron chi connectivity index (χ1n) is 5.75. The highest BCUT2D eigenvalue weighted by atomic mass is 35.7. The second-order valence-corrected chi connectivity index (χ2v) is 8.30. The van der Waals surface area contributed by atoms with Crippen LogP contribution in [0.1, 0.15) is 19.3 Å². The first-order chi connectivity index (χ1) is 9.27. The van der Waals surface area contributed by atoms with Crippen molar-refractivity contribution in [1.82, 2.24) is 4.72 Å². The van der Waals surface area contributed by atoms with Crippen LogP contribution in [0.5, 0.6) is 0 Å². The molecule has 0 amide bonds. The summed E-state index contributed by atoms with van der Waals surface area (Å²) in [5.74, 6) is 2.47. The zero-order valence-electron chi connectivity index (χ0n) is 10.5. The van der Waals surface area contributed by atoms with Crippen LogP contribution in [0.4, 0.5) is 0 Å². The summed E-state index contributed by atoms with van der Waals surface area (Å²) in [6.45, 7) is 0.277. The Hall–Kier alpha value is -1.07. The number of sulfonamides is 1. The zero-order chi connectivity index (χ0) is 15.2. The van der Waals surface area contributed by atoms with E-state index < -0.39 is 19.1 Å². The fourth-order valence-electron chi connectivity index (χ4n) is 1.42. The molecule has 0 atom stereocenters. The number of hydrogen-bond acceptors (Lipinski definition) is 4. The van der Waals surface area contributed by atoms with Gasteiger partial charge in [0.05, 0.1) is 9.79 Å². The smallest absolute Gasteiger partial charge is 0.211 e. The van der Waals surface area contributed by atoms with Crippen molar-refractivity contribution in [1.29, 1.82) is 0 Å². The molecule has 0 aliphatic rings. The number of halogens is 1. The van der Waals surface area contributed by atoms with Crippen molar-refractivity contribution in [3.05, 3.63) is 24.3 Å². The highest BCUT2D eigenvalue weighted by molar-refractivity contribution is 8.13. The van der Waals surface area contributed by atoms with E-state index in [0.29, 0.717) is 12.8 Å². The predicted molar refractivity (Wildman–Crippen MR) is 77.4 cm³/mol. The molecule has 0 radical (unpaired) electrons. The van der Waals surface area contributed by atoms with Gasteiger partial charge in [-0.3, -0.25) is 0 Å². The molecule has 1 aromatic carbocycles. The van der Waals surface area contributed by atoms with Crippen molar-refractivity contribution < 1.29 is 16.8 Å². The Balaban J connectivity index is 2.71. The van der Waals surface area contributed by atoms with E-state index >= 15 is 0 Å². The molecule has 1 N–H and O–H groups in total. The van der Waals surface area contributed by atoms with Crippen LogP contribution in [-0.4, -0.2) is 23.4 Å². The maximum atomic E-state index is 11.9. The SMILES string of the molecule is C#CCCCCNS(=O)(=O)c1ccc(S(=O)(=O)Cl)cc1. The van der Waals surface area contributed by atoms with Gasteiger partial charge in [0, 0.05) is 23.6 Å². The van der Waals surface area contributed by atoms with Gasteiger partial charge >= 0.3 is 0 Å². The molecule has 0 heterocycles. The lowest BCUT2D eigenvalue weighted by molar-refractivity contribution is 0.577. The molecular formula is C12H14ClNO4S2. The number of unbranched alkanes of at least 4 members (excludes halogenated alkanes) is 2. The van der Waals surface area contributed by atoms with Crippen molar-refractivity contribution in [2.75, 3.05) is 6.54 Å². The van der Waals surface area contributed by atoms with Gasteiger partial charge in [-0.1, -0.05) is 0 Å². The Morgan fingerprint density at radius 1 is 1.05 bits per heavy atom. The number of hydrogen-bond donors (Lipinski definition) is 1. The van der Waals surface area contributed by atoms with E-state index in [4.69, 9.17) is 17.1 Å². The largest absolute Gasteiger partial charge is 0.261 e. The van der Waals surface area contributed by atoms with Gasteiger partial charge in [0.1, 0.15) is 0 Å². The molecular weight excluding hydrogens is 322 g/mol. The topological polar surface area (TPSA) is 80.3 Å². The number of terminal acetylenes is 1. The van der Waals surface area contributed by atoms with E-state index in [1.165, 1.54) is 12.1 Å². The highest BCUT2D eigenvalue weighted by Crippen LogP contribution is 2.17. The maximum Gasteiger partial charge on any atom is 0.261 e. The second-order valence-electron chi connectivity index (χ2n) is 3.97. The Labute approximate surface area is 123 Å². The zero-order valence-corrected chi connectivity index (χ0v) is 12.9. The molecule has 1 rings (SSSR count). The minimum absolute atomic E-state index is 0.0153. The lowest BCUT2D eigenvalue weighted by atomic mass is 10.2. The summed E-state index contributed by atoms with van der Waals surface area (Å²) >= 11 is 0. The van der Waals surface area contributed by atoms with Gasteiger partial charge in [-0.05, 0) is 37.1 Å². The Morgan fingerprint density at radius 3 is 2.10 bits per heavy atom. The minimum Gasteiger partial charge on any atom is -0.211 e. The summed E-state index contributed by atoms with van der Waals surface area (Å²) in [5, 5.41) is 0. The molecule has 5 nitrogen and oxygen atoms in total. The first-order valence-corrected chi connectivity index (χ1v) is 9.54. The monoisotopic (exact) mass is 335 g/mol. The van der Waals surface area contributed by atoms with Crippen LogP contribution in [0.3, 0.4) is 0 Å². The van der Waals surface area contributed by atoms with Crippen LogP contribution >= 0.6 is 10.7 Å². The van der Waals surface area contributed by atoms with E-state index in [9.17, 15) is 16.8 Å². The molecule has 0 spiro atoms. The Morgan fingerprint density at radius 2 is 1.60 bits per heavy atom. The third-order valence-electron chi connectivity index (χ3n) is 2.46. The van der Waals surface area contributed by atoms with E-state index in [2.05, 4.69) is 10.6 Å². The average Bonchev–Trinajstić information content (AvgIpc) is 2.37. The van der Waals surface area contributed by atoms with Crippen LogP contribution in [-0.2, 0) is 19.1 Å². The Bertz CT molecular complexity index is 688. The summed E-state index contributed by atoms with van der Waals surface area (Å²) in [6.07, 6.45) is 7.06. The maximum absolute atomic E-state index is 11.9. The molecule has 20 heavy (non-hydrogen) atoms. The molecule has 0 saturated heterocycles. The van der Waals surface area contributed by atoms with Gasteiger partial charge in [-0.25, -0.2) is 21.6 Å². The fourth-order valence-corrected chi connectivity index (χ4v) is 3.27. The van der Waals surface area contributed by atoms with Crippen molar-refractivity contribution in [3.63, 3.8) is 0 Å². The van der Waals surface area contributed by atoms with Crippen molar-refractivity contribution in [2.45, 2.75) is 29.1 Å².